The minimum atomic E-state index is -0.747. The zero-order valence-corrected chi connectivity index (χ0v) is 15.6. The molecule has 2 bridgehead atoms. The van der Waals surface area contributed by atoms with Crippen LogP contribution in [0.3, 0.4) is 0 Å². The number of ether oxygens (including phenoxy) is 1. The van der Waals surface area contributed by atoms with Crippen LogP contribution in [-0.4, -0.2) is 40.5 Å². The predicted molar refractivity (Wildman–Crippen MR) is 105 cm³/mol. The number of carboxylic acids is 1. The molecule has 2 aromatic rings. The van der Waals surface area contributed by atoms with Gasteiger partial charge in [0.05, 0.1) is 12.5 Å². The van der Waals surface area contributed by atoms with Crippen molar-refractivity contribution >= 4 is 17.6 Å². The van der Waals surface area contributed by atoms with Crippen LogP contribution >= 0.6 is 0 Å². The Labute approximate surface area is 164 Å². The van der Waals surface area contributed by atoms with Gasteiger partial charge in [-0.15, -0.1) is 0 Å². The van der Waals surface area contributed by atoms with Crippen molar-refractivity contribution in [2.45, 2.75) is 38.0 Å². The average Bonchev–Trinajstić information content (AvgIpc) is 3.25. The molecule has 6 nitrogen and oxygen atoms in total. The van der Waals surface area contributed by atoms with Crippen molar-refractivity contribution in [3.05, 3.63) is 60.2 Å². The van der Waals surface area contributed by atoms with Crippen molar-refractivity contribution in [2.24, 2.45) is 5.92 Å². The molecule has 2 fully saturated rings. The zero-order valence-electron chi connectivity index (χ0n) is 15.6. The van der Waals surface area contributed by atoms with Crippen LogP contribution in [0.2, 0.25) is 0 Å². The third kappa shape index (κ3) is 4.02. The van der Waals surface area contributed by atoms with E-state index in [9.17, 15) is 14.7 Å². The van der Waals surface area contributed by atoms with Gasteiger partial charge in [0, 0.05) is 17.8 Å². The van der Waals surface area contributed by atoms with Gasteiger partial charge in [0.25, 0.3) is 0 Å². The molecule has 3 atom stereocenters. The van der Waals surface area contributed by atoms with Gasteiger partial charge in [-0.25, -0.2) is 0 Å². The lowest BCUT2D eigenvalue weighted by atomic mass is 9.89. The number of carboxylic acid groups (broad SMARTS) is 1. The van der Waals surface area contributed by atoms with E-state index in [1.165, 1.54) is 0 Å². The smallest absolute Gasteiger partial charge is 0.308 e. The van der Waals surface area contributed by atoms with Gasteiger partial charge in [-0.3, -0.25) is 14.5 Å². The molecule has 2 aliphatic heterocycles. The van der Waals surface area contributed by atoms with Crippen LogP contribution in [0.4, 0.5) is 5.69 Å². The van der Waals surface area contributed by atoms with E-state index in [0.717, 1.165) is 24.2 Å². The summed E-state index contributed by atoms with van der Waals surface area (Å²) in [7, 11) is 0. The largest absolute Gasteiger partial charge is 0.489 e. The maximum atomic E-state index is 12.4. The number of nitrogens with zero attached hydrogens (tertiary/aromatic N) is 1. The number of aliphatic carboxylic acids is 1. The van der Waals surface area contributed by atoms with Crippen molar-refractivity contribution < 1.29 is 19.4 Å². The number of carbonyl (C=O) groups excluding carboxylic acids is 1. The van der Waals surface area contributed by atoms with Gasteiger partial charge in [-0.1, -0.05) is 30.3 Å². The van der Waals surface area contributed by atoms with Crippen LogP contribution < -0.4 is 10.1 Å². The minimum absolute atomic E-state index is 0.0120. The normalized spacial score (nSPS) is 23.5. The second-order valence-electron chi connectivity index (χ2n) is 7.50. The Morgan fingerprint density at radius 3 is 2.50 bits per heavy atom. The molecule has 146 valence electrons. The molecule has 3 unspecified atom stereocenters. The number of nitrogens with one attached hydrogen (secondary N) is 1. The number of amides is 1. The highest BCUT2D eigenvalue weighted by atomic mass is 16.5. The first kappa shape index (κ1) is 18.5. The van der Waals surface area contributed by atoms with E-state index >= 15 is 0 Å². The van der Waals surface area contributed by atoms with E-state index in [0.29, 0.717) is 18.7 Å². The molecular weight excluding hydrogens is 356 g/mol. The van der Waals surface area contributed by atoms with Gasteiger partial charge in [-0.05, 0) is 49.1 Å². The maximum Gasteiger partial charge on any atom is 0.308 e. The van der Waals surface area contributed by atoms with Gasteiger partial charge in [-0.2, -0.15) is 0 Å². The summed E-state index contributed by atoms with van der Waals surface area (Å²) in [5.41, 5.74) is 1.80. The molecule has 0 aliphatic carbocycles. The van der Waals surface area contributed by atoms with Gasteiger partial charge >= 0.3 is 5.97 Å². The molecule has 4 rings (SSSR count). The highest BCUT2D eigenvalue weighted by Crippen LogP contribution is 2.41. The third-order valence-corrected chi connectivity index (χ3v) is 5.71. The van der Waals surface area contributed by atoms with Crippen molar-refractivity contribution in [3.8, 4) is 5.75 Å². The zero-order chi connectivity index (χ0) is 19.5. The van der Waals surface area contributed by atoms with Crippen molar-refractivity contribution in [1.82, 2.24) is 4.90 Å². The highest BCUT2D eigenvalue weighted by Gasteiger charge is 2.49. The molecule has 2 aromatic carbocycles. The highest BCUT2D eigenvalue weighted by molar-refractivity contribution is 5.92. The summed E-state index contributed by atoms with van der Waals surface area (Å²) in [5, 5.41) is 12.2. The molecule has 28 heavy (non-hydrogen) atoms. The van der Waals surface area contributed by atoms with Crippen LogP contribution in [0.25, 0.3) is 0 Å². The number of anilines is 1. The molecule has 6 heteroatoms. The van der Waals surface area contributed by atoms with E-state index in [2.05, 4.69) is 10.2 Å². The van der Waals surface area contributed by atoms with E-state index in [4.69, 9.17) is 4.74 Å². The van der Waals surface area contributed by atoms with Crippen molar-refractivity contribution in [2.75, 3.05) is 11.9 Å². The van der Waals surface area contributed by atoms with Crippen LogP contribution in [0.1, 0.15) is 24.8 Å². The number of fused-ring (bicyclic) bond motifs is 2. The monoisotopic (exact) mass is 380 g/mol. The number of carbonyl (C=O) groups is 2. The molecule has 2 N–H and O–H groups in total. The minimum Gasteiger partial charge on any atom is -0.489 e. The third-order valence-electron chi connectivity index (χ3n) is 5.71. The fraction of sp³-hybridized carbons (Fsp3) is 0.364. The second-order valence-corrected chi connectivity index (χ2v) is 7.50. The summed E-state index contributed by atoms with van der Waals surface area (Å²) < 4.78 is 5.75. The summed E-state index contributed by atoms with van der Waals surface area (Å²) in [6.07, 6.45) is 2.50. The lowest BCUT2D eigenvalue weighted by Gasteiger charge is -2.22. The van der Waals surface area contributed by atoms with Crippen LogP contribution in [0.15, 0.2) is 54.6 Å². The van der Waals surface area contributed by atoms with Crippen molar-refractivity contribution in [3.63, 3.8) is 0 Å². The number of hydrogen-bond acceptors (Lipinski definition) is 4. The molecule has 0 spiro atoms. The molecule has 0 saturated carbocycles. The SMILES string of the molecule is O=C(CN1C2CCC1C(C(=O)O)C2)Nc1ccc(OCc2ccccc2)cc1. The Balaban J connectivity index is 1.28. The molecule has 2 saturated heterocycles. The Morgan fingerprint density at radius 1 is 1.07 bits per heavy atom. The van der Waals surface area contributed by atoms with Gasteiger partial charge in [0.15, 0.2) is 0 Å². The average molecular weight is 380 g/mol. The summed E-state index contributed by atoms with van der Waals surface area (Å²) in [4.78, 5) is 25.8. The quantitative estimate of drug-likeness (QED) is 0.772. The standard InChI is InChI=1S/C22H24N2O4/c25-21(13-24-17-8-11-20(24)19(12-17)22(26)27)23-16-6-9-18(10-7-16)28-14-15-4-2-1-3-5-15/h1-7,9-10,17,19-20H,8,11-14H2,(H,23,25)(H,26,27). The molecule has 0 radical (unpaired) electrons. The summed E-state index contributed by atoms with van der Waals surface area (Å²) in [6.45, 7) is 0.737. The number of benzene rings is 2. The first-order valence-corrected chi connectivity index (χ1v) is 9.65. The summed E-state index contributed by atoms with van der Waals surface area (Å²) in [5.74, 6) is -0.457. The van der Waals surface area contributed by atoms with Crippen LogP contribution in [0, 0.1) is 5.92 Å². The van der Waals surface area contributed by atoms with Gasteiger partial charge < -0.3 is 15.2 Å². The number of rotatable bonds is 7. The fourth-order valence-corrected chi connectivity index (χ4v) is 4.35. The lowest BCUT2D eigenvalue weighted by Crippen LogP contribution is -2.38. The van der Waals surface area contributed by atoms with E-state index < -0.39 is 5.97 Å². The molecular formula is C22H24N2O4. The van der Waals surface area contributed by atoms with Crippen LogP contribution in [0.5, 0.6) is 5.75 Å². The molecule has 0 aromatic heterocycles. The molecule has 2 aliphatic rings. The maximum absolute atomic E-state index is 12.4. The first-order chi connectivity index (χ1) is 13.6. The van der Waals surface area contributed by atoms with Crippen LogP contribution in [-0.2, 0) is 16.2 Å². The summed E-state index contributed by atoms with van der Waals surface area (Å²) in [6, 6.07) is 17.4. The lowest BCUT2D eigenvalue weighted by molar-refractivity contribution is -0.142. The van der Waals surface area contributed by atoms with E-state index in [1.54, 1.807) is 0 Å². The second kappa shape index (κ2) is 8.02. The first-order valence-electron chi connectivity index (χ1n) is 9.65. The van der Waals surface area contributed by atoms with Crippen molar-refractivity contribution in [1.29, 1.82) is 0 Å². The topological polar surface area (TPSA) is 78.9 Å². The Kier molecular flexibility index (Phi) is 5.30. The predicted octanol–water partition coefficient (Wildman–Crippen LogP) is 3.14. The Hall–Kier alpha value is -2.86. The summed E-state index contributed by atoms with van der Waals surface area (Å²) >= 11 is 0. The molecule has 2 heterocycles. The Morgan fingerprint density at radius 2 is 1.82 bits per heavy atom. The number of hydrogen-bond donors (Lipinski definition) is 2. The van der Waals surface area contributed by atoms with Gasteiger partial charge in [0.2, 0.25) is 5.91 Å². The molecule has 1 amide bonds. The van der Waals surface area contributed by atoms with E-state index in [1.807, 2.05) is 54.6 Å². The fourth-order valence-electron chi connectivity index (χ4n) is 4.35. The Bertz CT molecular complexity index is 837. The van der Waals surface area contributed by atoms with Gasteiger partial charge in [0.1, 0.15) is 12.4 Å². The van der Waals surface area contributed by atoms with E-state index in [-0.39, 0.29) is 30.5 Å².